The van der Waals surface area contributed by atoms with Gasteiger partial charge in [-0.1, -0.05) is 29.3 Å². The van der Waals surface area contributed by atoms with Gasteiger partial charge in [-0.3, -0.25) is 9.78 Å². The Morgan fingerprint density at radius 3 is 2.72 bits per heavy atom. The van der Waals surface area contributed by atoms with Crippen LogP contribution in [0, 0.1) is 0 Å². The van der Waals surface area contributed by atoms with Gasteiger partial charge >= 0.3 is 0 Å². The summed E-state index contributed by atoms with van der Waals surface area (Å²) in [5, 5.41) is 3.71. The van der Waals surface area contributed by atoms with Gasteiger partial charge in [-0.25, -0.2) is 4.98 Å². The fourth-order valence-electron chi connectivity index (χ4n) is 3.94. The van der Waals surface area contributed by atoms with E-state index in [1.54, 1.807) is 18.5 Å². The zero-order valence-electron chi connectivity index (χ0n) is 18.7. The van der Waals surface area contributed by atoms with Gasteiger partial charge in [-0.15, -0.1) is 0 Å². The molecule has 1 saturated heterocycles. The molecule has 1 aliphatic heterocycles. The number of nitrogens with zero attached hydrogens (tertiary/aromatic N) is 4. The highest BCUT2D eigenvalue weighted by Gasteiger charge is 2.44. The van der Waals surface area contributed by atoms with E-state index in [2.05, 4.69) is 56.6 Å². The lowest BCUT2D eigenvalue weighted by Crippen LogP contribution is -2.71. The zero-order valence-corrected chi connectivity index (χ0v) is 20.2. The average Bonchev–Trinajstić information content (AvgIpc) is 3.13. The third-order valence-corrected chi connectivity index (χ3v) is 7.37. The van der Waals surface area contributed by atoms with E-state index in [0.717, 1.165) is 18.7 Å². The molecule has 0 spiro atoms. The number of ether oxygens (including phenoxy) is 1. The van der Waals surface area contributed by atoms with Crippen molar-refractivity contribution in [1.29, 1.82) is 0 Å². The number of aromatic nitrogens is 4. The molecule has 2 aromatic heterocycles. The molecule has 0 saturated carbocycles. The maximum Gasteiger partial charge on any atom is 0.278 e. The Kier molecular flexibility index (Phi) is 6.42. The van der Waals surface area contributed by atoms with Crippen molar-refractivity contribution in [2.24, 2.45) is 0 Å². The Labute approximate surface area is 200 Å². The van der Waals surface area contributed by atoms with Gasteiger partial charge in [0.2, 0.25) is 5.95 Å². The molecule has 0 aliphatic carbocycles. The van der Waals surface area contributed by atoms with Crippen molar-refractivity contribution < 1.29 is 4.74 Å². The van der Waals surface area contributed by atoms with Crippen LogP contribution < -0.4 is 10.9 Å². The van der Waals surface area contributed by atoms with Crippen LogP contribution in [0.25, 0.3) is 11.2 Å². The van der Waals surface area contributed by atoms with Crippen LogP contribution in [0.2, 0.25) is 10.0 Å². The summed E-state index contributed by atoms with van der Waals surface area (Å²) in [5.74, 6) is 0.356. The van der Waals surface area contributed by atoms with Crippen molar-refractivity contribution in [2.75, 3.05) is 25.0 Å². The molecule has 0 unspecified atom stereocenters. The lowest BCUT2D eigenvalue weighted by Gasteiger charge is -2.54. The summed E-state index contributed by atoms with van der Waals surface area (Å²) in [7, 11) is 8.62. The van der Waals surface area contributed by atoms with E-state index in [1.807, 2.05) is 10.6 Å². The maximum atomic E-state index is 12.8. The zero-order chi connectivity index (χ0) is 23.1. The first-order chi connectivity index (χ1) is 15.1. The number of hydrogen-bond donors (Lipinski definition) is 2. The van der Waals surface area contributed by atoms with Gasteiger partial charge in [0.1, 0.15) is 31.4 Å². The van der Waals surface area contributed by atoms with Crippen molar-refractivity contribution in [3.05, 3.63) is 50.5 Å². The number of H-pyrrole nitrogens is 1. The van der Waals surface area contributed by atoms with Crippen LogP contribution in [-0.4, -0.2) is 86.2 Å². The number of halogens is 2. The molecule has 8 nitrogen and oxygen atoms in total. The summed E-state index contributed by atoms with van der Waals surface area (Å²) >= 11 is 12.0. The molecule has 3 aromatic rings. The van der Waals surface area contributed by atoms with Crippen molar-refractivity contribution in [2.45, 2.75) is 23.8 Å². The van der Waals surface area contributed by atoms with Crippen molar-refractivity contribution in [3.63, 3.8) is 0 Å². The highest BCUT2D eigenvalue weighted by atomic mass is 35.5. The quantitative estimate of drug-likeness (QED) is 0.414. The van der Waals surface area contributed by atoms with Crippen LogP contribution >= 0.6 is 23.2 Å². The van der Waals surface area contributed by atoms with E-state index in [4.69, 9.17) is 27.9 Å². The number of imidazole rings is 1. The van der Waals surface area contributed by atoms with E-state index in [0.29, 0.717) is 46.9 Å². The van der Waals surface area contributed by atoms with E-state index >= 15 is 0 Å². The first-order valence-electron chi connectivity index (χ1n) is 10.6. The molecule has 0 radical (unpaired) electrons. The largest absolute Gasteiger partial charge is 0.391 e. The molecule has 164 valence electrons. The van der Waals surface area contributed by atoms with Gasteiger partial charge in [0.05, 0.1) is 23.0 Å². The number of aromatic amines is 1. The van der Waals surface area contributed by atoms with E-state index in [-0.39, 0.29) is 16.3 Å². The van der Waals surface area contributed by atoms with Gasteiger partial charge < -0.3 is 19.5 Å². The van der Waals surface area contributed by atoms with Gasteiger partial charge in [0.15, 0.2) is 11.2 Å². The average molecular weight is 471 g/mol. The standard InChI is InChI=1S/C18H24B4Cl2N6O2/c19-17(20)18(21,22)32-6-5-30(17)4-3-29-9-26-14-13(29)15(31)28-16(27-14)25-8-10-1-2-11(23)12(24)7-10/h1-2,7,9H,3-6,8,19-22H2,(H2,25,27,28,31). The Balaban J connectivity index is 1.48. The normalized spacial score (nSPS) is 18.1. The summed E-state index contributed by atoms with van der Waals surface area (Å²) < 4.78 is 7.83. The maximum absolute atomic E-state index is 12.8. The fourth-order valence-corrected chi connectivity index (χ4v) is 4.26. The third kappa shape index (κ3) is 4.46. The second-order valence-corrected chi connectivity index (χ2v) is 9.85. The number of benzene rings is 1. The fraction of sp³-hybridized carbons (Fsp3) is 0.389. The summed E-state index contributed by atoms with van der Waals surface area (Å²) in [6.07, 6.45) is 1.67. The molecule has 4 rings (SSSR count). The van der Waals surface area contributed by atoms with E-state index < -0.39 is 0 Å². The molecule has 14 heteroatoms. The van der Waals surface area contributed by atoms with Crippen molar-refractivity contribution >= 4 is 71.7 Å². The Morgan fingerprint density at radius 1 is 1.19 bits per heavy atom. The predicted molar refractivity (Wildman–Crippen MR) is 139 cm³/mol. The van der Waals surface area contributed by atoms with E-state index in [1.165, 1.54) is 0 Å². The first kappa shape index (κ1) is 23.3. The number of hydrogen-bond acceptors (Lipinski definition) is 6. The third-order valence-electron chi connectivity index (χ3n) is 6.63. The van der Waals surface area contributed by atoms with Gasteiger partial charge in [-0.05, 0) is 23.0 Å². The van der Waals surface area contributed by atoms with E-state index in [9.17, 15) is 4.79 Å². The molecule has 3 heterocycles. The molecule has 2 N–H and O–H groups in total. The Hall–Kier alpha value is -1.87. The highest BCUT2D eigenvalue weighted by Crippen LogP contribution is 2.26. The van der Waals surface area contributed by atoms with Gasteiger partial charge in [-0.2, -0.15) is 4.98 Å². The summed E-state index contributed by atoms with van der Waals surface area (Å²) in [5.41, 5.74) is 1.57. The minimum Gasteiger partial charge on any atom is -0.391 e. The smallest absolute Gasteiger partial charge is 0.278 e. The Morgan fingerprint density at radius 2 is 1.97 bits per heavy atom. The van der Waals surface area contributed by atoms with Crippen LogP contribution in [0.3, 0.4) is 0 Å². The molecule has 0 atom stereocenters. The number of anilines is 1. The molecule has 0 amide bonds. The topological polar surface area (TPSA) is 88.1 Å². The van der Waals surface area contributed by atoms with Crippen molar-refractivity contribution in [3.8, 4) is 0 Å². The summed E-state index contributed by atoms with van der Waals surface area (Å²) in [4.78, 5) is 26.8. The van der Waals surface area contributed by atoms with Crippen LogP contribution in [0.1, 0.15) is 5.56 Å². The van der Waals surface area contributed by atoms with Crippen LogP contribution in [0.4, 0.5) is 5.95 Å². The lowest BCUT2D eigenvalue weighted by molar-refractivity contribution is -0.0440. The monoisotopic (exact) mass is 470 g/mol. The lowest BCUT2D eigenvalue weighted by atomic mass is 9.39. The molecule has 0 bridgehead atoms. The number of nitrogens with one attached hydrogen (secondary N) is 2. The second-order valence-electron chi connectivity index (χ2n) is 9.03. The number of morpholine rings is 1. The molecular weight excluding hydrogens is 446 g/mol. The second kappa shape index (κ2) is 8.82. The number of rotatable bonds is 6. The minimum absolute atomic E-state index is 0.131. The van der Waals surface area contributed by atoms with Crippen LogP contribution in [0.5, 0.6) is 0 Å². The number of fused-ring (bicyclic) bond motifs is 1. The predicted octanol–water partition coefficient (Wildman–Crippen LogP) is -1.79. The first-order valence-corrected chi connectivity index (χ1v) is 11.4. The Bertz CT molecular complexity index is 1200. The SMILES string of the molecule is BC1(B)OCCN(CCn2cnc3nc(NCc4ccc(Cl)c(Cl)c4)[nH]c(=O)c32)C1(B)B. The molecule has 32 heavy (non-hydrogen) atoms. The van der Waals surface area contributed by atoms with Crippen LogP contribution in [-0.2, 0) is 17.8 Å². The summed E-state index contributed by atoms with van der Waals surface area (Å²) in [6.45, 7) is 3.39. The van der Waals surface area contributed by atoms with Gasteiger partial charge in [0, 0.05) is 31.6 Å². The minimum atomic E-state index is -0.254. The van der Waals surface area contributed by atoms with Gasteiger partial charge in [0.25, 0.3) is 5.56 Å². The molecular formula is C18H24B4Cl2N6O2. The summed E-state index contributed by atoms with van der Waals surface area (Å²) in [6, 6.07) is 5.37. The molecule has 1 aromatic carbocycles. The molecule has 1 aliphatic rings. The molecule has 1 fully saturated rings. The highest BCUT2D eigenvalue weighted by molar-refractivity contribution is 6.54. The van der Waals surface area contributed by atoms with Crippen molar-refractivity contribution in [1.82, 2.24) is 24.4 Å². The van der Waals surface area contributed by atoms with Crippen LogP contribution in [0.15, 0.2) is 29.3 Å².